The molecule has 0 aliphatic rings. The monoisotopic (exact) mass is 474 g/mol. The van der Waals surface area contributed by atoms with Crippen molar-refractivity contribution in [2.75, 3.05) is 6.61 Å². The van der Waals surface area contributed by atoms with E-state index >= 15 is 0 Å². The highest BCUT2D eigenvalue weighted by atomic mass is 16.5. The highest BCUT2D eigenvalue weighted by Crippen LogP contribution is 2.27. The van der Waals surface area contributed by atoms with E-state index in [1.807, 2.05) is 79.7 Å². The number of nitrogens with zero attached hydrogens (tertiary/aromatic N) is 2. The van der Waals surface area contributed by atoms with Gasteiger partial charge >= 0.3 is 0 Å². The Bertz CT molecular complexity index is 1580. The minimum Gasteiger partial charge on any atom is -0.494 e. The third-order valence-corrected chi connectivity index (χ3v) is 6.24. The number of fused-ring (bicyclic) bond motifs is 1. The van der Waals surface area contributed by atoms with Gasteiger partial charge in [-0.3, -0.25) is 9.59 Å². The van der Waals surface area contributed by atoms with Crippen molar-refractivity contribution < 1.29 is 9.53 Å². The first-order valence-electron chi connectivity index (χ1n) is 12.1. The van der Waals surface area contributed by atoms with Gasteiger partial charge in [-0.15, -0.1) is 0 Å². The lowest BCUT2D eigenvalue weighted by atomic mass is 10.0. The van der Waals surface area contributed by atoms with Gasteiger partial charge in [-0.05, 0) is 73.5 Å². The zero-order valence-electron chi connectivity index (χ0n) is 20.3. The predicted octanol–water partition coefficient (Wildman–Crippen LogP) is 6.24. The number of hydrogen-bond acceptors (Lipinski definition) is 4. The average molecular weight is 475 g/mol. The van der Waals surface area contributed by atoms with Crippen molar-refractivity contribution in [2.45, 2.75) is 20.3 Å². The first kappa shape index (κ1) is 23.2. The predicted molar refractivity (Wildman–Crippen MR) is 143 cm³/mol. The van der Waals surface area contributed by atoms with Gasteiger partial charge in [-0.25, -0.2) is 0 Å². The number of rotatable bonds is 7. The lowest BCUT2D eigenvalue weighted by molar-refractivity contribution is 0.103. The molecule has 0 saturated carbocycles. The molecule has 0 aliphatic heterocycles. The number of ether oxygens (including phenoxy) is 1. The molecule has 5 nitrogen and oxygen atoms in total. The van der Waals surface area contributed by atoms with Crippen LogP contribution in [-0.4, -0.2) is 22.2 Å². The third kappa shape index (κ3) is 4.43. The van der Waals surface area contributed by atoms with Gasteiger partial charge in [0.15, 0.2) is 5.78 Å². The summed E-state index contributed by atoms with van der Waals surface area (Å²) >= 11 is 0. The first-order valence-corrected chi connectivity index (χ1v) is 12.1. The minimum atomic E-state index is -0.213. The molecule has 5 heteroatoms. The van der Waals surface area contributed by atoms with E-state index in [9.17, 15) is 9.59 Å². The number of ketones is 1. The number of aryl methyl sites for hydroxylation is 1. The number of carbonyl (C=O) groups excluding carboxylic acids is 1. The van der Waals surface area contributed by atoms with Crippen molar-refractivity contribution in [2.24, 2.45) is 0 Å². The largest absolute Gasteiger partial charge is 0.494 e. The number of aromatic nitrogens is 2. The Balaban J connectivity index is 1.55. The van der Waals surface area contributed by atoms with Crippen molar-refractivity contribution in [1.29, 1.82) is 0 Å². The Morgan fingerprint density at radius 2 is 1.39 bits per heavy atom. The quantitative estimate of drug-likeness (QED) is 0.262. The fraction of sp³-hybridized carbons (Fsp3) is 0.129. The summed E-state index contributed by atoms with van der Waals surface area (Å²) in [6.45, 7) is 4.62. The summed E-state index contributed by atoms with van der Waals surface area (Å²) in [6, 6.07) is 29.8. The number of hydrogen-bond donors (Lipinski definition) is 0. The van der Waals surface area contributed by atoms with E-state index in [1.165, 1.54) is 10.2 Å². The van der Waals surface area contributed by atoms with E-state index in [-0.39, 0.29) is 11.3 Å². The topological polar surface area (TPSA) is 61.2 Å². The third-order valence-electron chi connectivity index (χ3n) is 6.24. The van der Waals surface area contributed by atoms with E-state index in [2.05, 4.69) is 6.92 Å². The van der Waals surface area contributed by atoms with Crippen molar-refractivity contribution in [3.8, 4) is 22.7 Å². The van der Waals surface area contributed by atoms with Gasteiger partial charge in [0.25, 0.3) is 5.56 Å². The van der Waals surface area contributed by atoms with Crippen LogP contribution < -0.4 is 10.3 Å². The summed E-state index contributed by atoms with van der Waals surface area (Å²) in [5, 5.41) is 6.11. The molecule has 5 rings (SSSR count). The molecule has 0 unspecified atom stereocenters. The molecule has 36 heavy (non-hydrogen) atoms. The van der Waals surface area contributed by atoms with E-state index in [0.29, 0.717) is 34.5 Å². The lowest BCUT2D eigenvalue weighted by Gasteiger charge is -2.12. The van der Waals surface area contributed by atoms with Gasteiger partial charge in [-0.2, -0.15) is 9.78 Å². The second kappa shape index (κ2) is 10.0. The average Bonchev–Trinajstić information content (AvgIpc) is 2.94. The molecule has 1 aromatic heterocycles. The van der Waals surface area contributed by atoms with Crippen LogP contribution in [0.5, 0.6) is 5.75 Å². The van der Waals surface area contributed by atoms with Crippen LogP contribution in [0.15, 0.2) is 102 Å². The van der Waals surface area contributed by atoms with Crippen LogP contribution in [0.4, 0.5) is 0 Å². The van der Waals surface area contributed by atoms with Crippen molar-refractivity contribution in [1.82, 2.24) is 9.78 Å². The molecule has 5 aromatic rings. The highest BCUT2D eigenvalue weighted by molar-refractivity contribution is 6.09. The van der Waals surface area contributed by atoms with Gasteiger partial charge in [0.2, 0.25) is 0 Å². The second-order valence-electron chi connectivity index (χ2n) is 8.50. The summed E-state index contributed by atoms with van der Waals surface area (Å²) < 4.78 is 6.97. The number of carbonyl (C=O) groups is 1. The molecule has 1 heterocycles. The maximum atomic E-state index is 13.4. The number of benzene rings is 4. The molecule has 4 aromatic carbocycles. The van der Waals surface area contributed by atoms with E-state index in [0.717, 1.165) is 23.1 Å². The zero-order chi connectivity index (χ0) is 25.1. The van der Waals surface area contributed by atoms with Crippen LogP contribution in [0.2, 0.25) is 0 Å². The molecule has 0 atom stereocenters. The molecule has 178 valence electrons. The smallest absolute Gasteiger partial charge is 0.279 e. The van der Waals surface area contributed by atoms with Crippen LogP contribution in [-0.2, 0) is 6.42 Å². The molecule has 0 spiro atoms. The molecular weight excluding hydrogens is 448 g/mol. The van der Waals surface area contributed by atoms with Crippen LogP contribution in [0.1, 0.15) is 35.3 Å². The van der Waals surface area contributed by atoms with Crippen molar-refractivity contribution >= 4 is 16.6 Å². The van der Waals surface area contributed by atoms with E-state index < -0.39 is 0 Å². The summed E-state index contributed by atoms with van der Waals surface area (Å²) in [5.74, 6) is 0.724. The Morgan fingerprint density at radius 1 is 0.778 bits per heavy atom. The molecule has 0 N–H and O–H groups in total. The maximum absolute atomic E-state index is 13.4. The maximum Gasteiger partial charge on any atom is 0.279 e. The molecule has 0 radical (unpaired) electrons. The van der Waals surface area contributed by atoms with Gasteiger partial charge in [0, 0.05) is 22.1 Å². The Hall–Kier alpha value is -4.51. The van der Waals surface area contributed by atoms with Crippen LogP contribution >= 0.6 is 0 Å². The standard InChI is InChI=1S/C31H26N2O3/c1-3-21-9-11-23(12-10-21)30(34)24-13-17-25(18-14-24)33-31(35)28-8-6-5-7-27(28)29(32-33)22-15-19-26(20-16-22)36-4-2/h5-20H,3-4H2,1-2H3. The molecule has 0 saturated heterocycles. The second-order valence-corrected chi connectivity index (χ2v) is 8.50. The normalized spacial score (nSPS) is 10.9. The van der Waals surface area contributed by atoms with Gasteiger partial charge in [0.1, 0.15) is 5.75 Å². The summed E-state index contributed by atoms with van der Waals surface area (Å²) in [4.78, 5) is 26.3. The SMILES string of the molecule is CCOc1ccc(-c2nn(-c3ccc(C(=O)c4ccc(CC)cc4)cc3)c(=O)c3ccccc23)cc1. The van der Waals surface area contributed by atoms with Crippen molar-refractivity contribution in [3.63, 3.8) is 0 Å². The summed E-state index contributed by atoms with van der Waals surface area (Å²) in [6.07, 6.45) is 0.926. The van der Waals surface area contributed by atoms with Gasteiger partial charge in [-0.1, -0.05) is 49.4 Å². The summed E-state index contributed by atoms with van der Waals surface area (Å²) in [7, 11) is 0. The molecule has 0 aliphatic carbocycles. The van der Waals surface area contributed by atoms with Gasteiger partial charge < -0.3 is 4.74 Å². The van der Waals surface area contributed by atoms with Crippen LogP contribution in [0.3, 0.4) is 0 Å². The highest BCUT2D eigenvalue weighted by Gasteiger charge is 2.15. The fourth-order valence-electron chi connectivity index (χ4n) is 4.27. The zero-order valence-corrected chi connectivity index (χ0v) is 20.3. The van der Waals surface area contributed by atoms with E-state index in [4.69, 9.17) is 9.84 Å². The van der Waals surface area contributed by atoms with E-state index in [1.54, 1.807) is 24.3 Å². The van der Waals surface area contributed by atoms with Crippen LogP contribution in [0, 0.1) is 0 Å². The Labute approximate surface area is 209 Å². The lowest BCUT2D eigenvalue weighted by Crippen LogP contribution is -2.22. The minimum absolute atomic E-state index is 0.0573. The van der Waals surface area contributed by atoms with Gasteiger partial charge in [0.05, 0.1) is 23.4 Å². The summed E-state index contributed by atoms with van der Waals surface area (Å²) in [5.41, 5.74) is 4.34. The fourth-order valence-corrected chi connectivity index (χ4v) is 4.27. The van der Waals surface area contributed by atoms with Crippen LogP contribution in [0.25, 0.3) is 27.7 Å². The Kier molecular flexibility index (Phi) is 6.46. The van der Waals surface area contributed by atoms with Crippen molar-refractivity contribution in [3.05, 3.63) is 124 Å². The first-order chi connectivity index (χ1) is 17.6. The molecular formula is C31H26N2O3. The molecule has 0 bridgehead atoms. The molecule has 0 fully saturated rings. The molecule has 0 amide bonds. The Morgan fingerprint density at radius 3 is 2.00 bits per heavy atom.